The van der Waals surface area contributed by atoms with Crippen LogP contribution in [0, 0.1) is 0 Å². The van der Waals surface area contributed by atoms with E-state index in [1.807, 2.05) is 0 Å². The summed E-state index contributed by atoms with van der Waals surface area (Å²) in [5, 5.41) is 0.295. The first-order valence-corrected chi connectivity index (χ1v) is 5.39. The van der Waals surface area contributed by atoms with E-state index in [4.69, 9.17) is 16.3 Å². The molecule has 0 aliphatic heterocycles. The molecule has 0 aliphatic carbocycles. The highest BCUT2D eigenvalue weighted by molar-refractivity contribution is 6.29. The van der Waals surface area contributed by atoms with Crippen LogP contribution in [0.5, 0.6) is 0 Å². The molecule has 0 spiro atoms. The topological polar surface area (TPSA) is 65.5 Å². The third kappa shape index (κ3) is 3.56. The molecule has 5 nitrogen and oxygen atoms in total. The van der Waals surface area contributed by atoms with E-state index in [1.165, 1.54) is 26.3 Å². The maximum absolute atomic E-state index is 11.4. The summed E-state index contributed by atoms with van der Waals surface area (Å²) in [6.07, 6.45) is 0.476. The Labute approximate surface area is 109 Å². The SMILES string of the molecule is C=C(C(=O)OC)C(OC(C)=O)c1ccc(Cl)nc1. The van der Waals surface area contributed by atoms with Gasteiger partial charge in [-0.15, -0.1) is 0 Å². The van der Waals surface area contributed by atoms with Gasteiger partial charge in [0.05, 0.1) is 12.7 Å². The van der Waals surface area contributed by atoms with Crippen molar-refractivity contribution in [3.05, 3.63) is 41.2 Å². The van der Waals surface area contributed by atoms with Gasteiger partial charge in [-0.1, -0.05) is 24.2 Å². The highest BCUT2D eigenvalue weighted by atomic mass is 35.5. The Morgan fingerprint density at radius 3 is 2.56 bits per heavy atom. The third-order valence-corrected chi connectivity index (χ3v) is 2.32. The van der Waals surface area contributed by atoms with E-state index in [9.17, 15) is 9.59 Å². The second-order valence-electron chi connectivity index (χ2n) is 3.42. The number of pyridine rings is 1. The fraction of sp³-hybridized carbons (Fsp3) is 0.250. The van der Waals surface area contributed by atoms with E-state index in [0.29, 0.717) is 10.7 Å². The number of rotatable bonds is 4. The second-order valence-corrected chi connectivity index (χ2v) is 3.81. The summed E-state index contributed by atoms with van der Waals surface area (Å²) in [4.78, 5) is 26.3. The first kappa shape index (κ1) is 14.2. The summed E-state index contributed by atoms with van der Waals surface area (Å²) < 4.78 is 9.58. The Balaban J connectivity index is 3.05. The quantitative estimate of drug-likeness (QED) is 0.476. The molecule has 96 valence electrons. The van der Waals surface area contributed by atoms with Crippen molar-refractivity contribution in [2.24, 2.45) is 0 Å². The number of methoxy groups -OCH3 is 1. The minimum Gasteiger partial charge on any atom is -0.466 e. The van der Waals surface area contributed by atoms with Crippen LogP contribution in [0.3, 0.4) is 0 Å². The lowest BCUT2D eigenvalue weighted by Crippen LogP contribution is -2.17. The van der Waals surface area contributed by atoms with Gasteiger partial charge in [-0.2, -0.15) is 0 Å². The van der Waals surface area contributed by atoms with Crippen molar-refractivity contribution in [3.8, 4) is 0 Å². The zero-order chi connectivity index (χ0) is 13.7. The predicted octanol–water partition coefficient (Wildman–Crippen LogP) is 2.07. The van der Waals surface area contributed by atoms with Crippen molar-refractivity contribution in [2.75, 3.05) is 7.11 Å². The van der Waals surface area contributed by atoms with Gasteiger partial charge < -0.3 is 9.47 Å². The molecule has 0 bridgehead atoms. The van der Waals surface area contributed by atoms with E-state index in [2.05, 4.69) is 16.3 Å². The minimum absolute atomic E-state index is 0.0109. The summed E-state index contributed by atoms with van der Waals surface area (Å²) in [5.41, 5.74) is 0.502. The van der Waals surface area contributed by atoms with Crippen molar-refractivity contribution in [3.63, 3.8) is 0 Å². The molecule has 0 N–H and O–H groups in total. The Kier molecular flexibility index (Phi) is 4.85. The summed E-state index contributed by atoms with van der Waals surface area (Å²) in [6, 6.07) is 3.12. The smallest absolute Gasteiger partial charge is 0.337 e. The molecule has 1 unspecified atom stereocenters. The van der Waals surface area contributed by atoms with Gasteiger partial charge in [-0.3, -0.25) is 4.79 Å². The van der Waals surface area contributed by atoms with Crippen LogP contribution in [0.2, 0.25) is 5.15 Å². The van der Waals surface area contributed by atoms with Gasteiger partial charge in [0.15, 0.2) is 6.10 Å². The Hall–Kier alpha value is -1.88. The van der Waals surface area contributed by atoms with Crippen LogP contribution in [0.15, 0.2) is 30.5 Å². The van der Waals surface area contributed by atoms with E-state index in [-0.39, 0.29) is 5.57 Å². The Morgan fingerprint density at radius 2 is 2.11 bits per heavy atom. The first-order valence-electron chi connectivity index (χ1n) is 5.01. The number of carbonyl (C=O) groups is 2. The number of hydrogen-bond donors (Lipinski definition) is 0. The molecular weight excluding hydrogens is 258 g/mol. The van der Waals surface area contributed by atoms with Crippen LogP contribution < -0.4 is 0 Å². The van der Waals surface area contributed by atoms with Gasteiger partial charge in [0.25, 0.3) is 0 Å². The standard InChI is InChI=1S/C12H12ClNO4/c1-7(12(16)17-3)11(18-8(2)15)9-4-5-10(13)14-6-9/h4-6,11H,1H2,2-3H3. The van der Waals surface area contributed by atoms with Gasteiger partial charge in [-0.25, -0.2) is 9.78 Å². The summed E-state index contributed by atoms with van der Waals surface area (Å²) in [6.45, 7) is 4.80. The molecule has 0 aromatic carbocycles. The lowest BCUT2D eigenvalue weighted by atomic mass is 10.0. The van der Waals surface area contributed by atoms with Gasteiger partial charge >= 0.3 is 11.9 Å². The minimum atomic E-state index is -0.931. The maximum atomic E-state index is 11.4. The van der Waals surface area contributed by atoms with Crippen LogP contribution in [0.1, 0.15) is 18.6 Å². The van der Waals surface area contributed by atoms with Crippen LogP contribution in [0.25, 0.3) is 0 Å². The third-order valence-electron chi connectivity index (χ3n) is 2.10. The van der Waals surface area contributed by atoms with Crippen molar-refractivity contribution >= 4 is 23.5 Å². The summed E-state index contributed by atoms with van der Waals surface area (Å²) in [5.74, 6) is -1.20. The van der Waals surface area contributed by atoms with Gasteiger partial charge in [0.2, 0.25) is 0 Å². The van der Waals surface area contributed by atoms with Gasteiger partial charge in [0, 0.05) is 18.7 Å². The monoisotopic (exact) mass is 269 g/mol. The van der Waals surface area contributed by atoms with Crippen molar-refractivity contribution < 1.29 is 19.1 Å². The van der Waals surface area contributed by atoms with E-state index in [0.717, 1.165) is 0 Å². The van der Waals surface area contributed by atoms with Crippen LogP contribution in [0.4, 0.5) is 0 Å². The number of nitrogens with zero attached hydrogens (tertiary/aromatic N) is 1. The summed E-state index contributed by atoms with van der Waals surface area (Å²) >= 11 is 5.66. The molecule has 1 rings (SSSR count). The molecule has 0 aliphatic rings. The lowest BCUT2D eigenvalue weighted by molar-refractivity contribution is -0.147. The highest BCUT2D eigenvalue weighted by Crippen LogP contribution is 2.26. The normalized spacial score (nSPS) is 11.5. The van der Waals surface area contributed by atoms with Gasteiger partial charge in [0.1, 0.15) is 5.15 Å². The average Bonchev–Trinajstić information content (AvgIpc) is 2.35. The van der Waals surface area contributed by atoms with Crippen LogP contribution in [-0.2, 0) is 19.1 Å². The zero-order valence-corrected chi connectivity index (χ0v) is 10.7. The first-order chi connectivity index (χ1) is 8.45. The molecule has 0 amide bonds. The molecule has 6 heteroatoms. The molecule has 1 atom stereocenters. The average molecular weight is 270 g/mol. The highest BCUT2D eigenvalue weighted by Gasteiger charge is 2.24. The molecule has 0 saturated heterocycles. The summed E-state index contributed by atoms with van der Waals surface area (Å²) in [7, 11) is 1.22. The van der Waals surface area contributed by atoms with E-state index < -0.39 is 18.0 Å². The molecule has 0 radical (unpaired) electrons. The number of aromatic nitrogens is 1. The van der Waals surface area contributed by atoms with Gasteiger partial charge in [-0.05, 0) is 6.07 Å². The zero-order valence-electron chi connectivity index (χ0n) is 9.97. The van der Waals surface area contributed by atoms with Crippen LogP contribution in [-0.4, -0.2) is 24.0 Å². The maximum Gasteiger partial charge on any atom is 0.337 e. The van der Waals surface area contributed by atoms with E-state index >= 15 is 0 Å². The van der Waals surface area contributed by atoms with Crippen molar-refractivity contribution in [1.82, 2.24) is 4.98 Å². The fourth-order valence-corrected chi connectivity index (χ4v) is 1.40. The van der Waals surface area contributed by atoms with Crippen molar-refractivity contribution in [1.29, 1.82) is 0 Å². The number of hydrogen-bond acceptors (Lipinski definition) is 5. The molecule has 1 aromatic rings. The number of carbonyl (C=O) groups excluding carboxylic acids is 2. The molecule has 0 saturated carbocycles. The van der Waals surface area contributed by atoms with Crippen molar-refractivity contribution in [2.45, 2.75) is 13.0 Å². The molecule has 1 aromatic heterocycles. The molecule has 18 heavy (non-hydrogen) atoms. The van der Waals surface area contributed by atoms with E-state index in [1.54, 1.807) is 6.07 Å². The Bertz CT molecular complexity index is 469. The molecule has 0 fully saturated rings. The largest absolute Gasteiger partial charge is 0.466 e. The number of ether oxygens (including phenoxy) is 2. The predicted molar refractivity (Wildman–Crippen MR) is 64.9 cm³/mol. The molecule has 1 heterocycles. The second kappa shape index (κ2) is 6.16. The Morgan fingerprint density at radius 1 is 1.44 bits per heavy atom. The number of halogens is 1. The lowest BCUT2D eigenvalue weighted by Gasteiger charge is -2.17. The fourth-order valence-electron chi connectivity index (χ4n) is 1.29. The number of esters is 2. The molecular formula is C12H12ClNO4. The van der Waals surface area contributed by atoms with Crippen LogP contribution >= 0.6 is 11.6 Å².